The van der Waals surface area contributed by atoms with E-state index in [0.29, 0.717) is 17.6 Å². The van der Waals surface area contributed by atoms with Crippen molar-refractivity contribution in [1.82, 2.24) is 25.4 Å². The fourth-order valence-electron chi connectivity index (χ4n) is 6.24. The molecule has 2 aliphatic rings. The summed E-state index contributed by atoms with van der Waals surface area (Å²) in [5, 5.41) is 7.84. The molecule has 236 valence electrons. The molecule has 0 aliphatic carbocycles. The Hall–Kier alpha value is -2.73. The zero-order chi connectivity index (χ0) is 31.2. The van der Waals surface area contributed by atoms with Gasteiger partial charge >= 0.3 is 12.1 Å². The smallest absolute Gasteiger partial charge is 0.407 e. The van der Waals surface area contributed by atoms with Crippen LogP contribution in [0.1, 0.15) is 102 Å². The number of carbonyl (C=O) groups excluding carboxylic acids is 4. The molecule has 2 aliphatic heterocycles. The highest BCUT2D eigenvalue weighted by Gasteiger charge is 2.55. The minimum Gasteiger partial charge on any atom is -0.461 e. The molecule has 2 bridgehead atoms. The number of amides is 3. The minimum absolute atomic E-state index is 0.00721. The van der Waals surface area contributed by atoms with Crippen LogP contribution >= 0.6 is 11.3 Å². The molecule has 1 aromatic heterocycles. The van der Waals surface area contributed by atoms with E-state index in [4.69, 9.17) is 9.47 Å². The Bertz CT molecular complexity index is 1100. The SMILES string of the molecule is CCNC(=O)O[C@H](C[C@H](C(C)C)N(C)C(=O)[C@@H](NC(=O)C12CCC(CC1)N2C)[C@@H](C)CC)c1nc(C(=O)OCC)cs1. The molecule has 3 rings (SSSR count). The summed E-state index contributed by atoms with van der Waals surface area (Å²) < 4.78 is 10.9. The second kappa shape index (κ2) is 14.6. The largest absolute Gasteiger partial charge is 0.461 e. The van der Waals surface area contributed by atoms with E-state index in [2.05, 4.69) is 20.5 Å². The Morgan fingerprint density at radius 3 is 2.36 bits per heavy atom. The summed E-state index contributed by atoms with van der Waals surface area (Å²) >= 11 is 1.21. The number of ether oxygens (including phenoxy) is 2. The van der Waals surface area contributed by atoms with Gasteiger partial charge in [0.15, 0.2) is 11.8 Å². The molecule has 1 aromatic rings. The maximum Gasteiger partial charge on any atom is 0.407 e. The molecule has 12 heteroatoms. The van der Waals surface area contributed by atoms with Gasteiger partial charge in [-0.05, 0) is 58.4 Å². The standard InChI is InChI=1S/C30H49N5O6S/c1-9-19(6)24(33-28(38)30-14-12-20(13-15-30)35(30)8)26(36)34(7)22(18(4)5)16-23(41-29(39)31-10-2)25-32-21(17-42-25)27(37)40-11-3/h17-20,22-24H,9-16H2,1-8H3,(H,31,39)(H,33,38)/t19-,20?,22+,23+,24-,30?/m0/s1. The molecule has 11 nitrogen and oxygen atoms in total. The van der Waals surface area contributed by atoms with Crippen LogP contribution in [0, 0.1) is 11.8 Å². The molecule has 0 unspecified atom stereocenters. The highest BCUT2D eigenvalue weighted by atomic mass is 32.1. The van der Waals surface area contributed by atoms with Gasteiger partial charge in [0.25, 0.3) is 0 Å². The van der Waals surface area contributed by atoms with Crippen molar-refractivity contribution in [2.45, 2.75) is 110 Å². The van der Waals surface area contributed by atoms with Gasteiger partial charge in [0.05, 0.1) is 6.61 Å². The number of likely N-dealkylation sites (N-methyl/N-ethyl adjacent to an activating group) is 2. The van der Waals surface area contributed by atoms with Crippen molar-refractivity contribution in [1.29, 1.82) is 0 Å². The first-order valence-electron chi connectivity index (χ1n) is 15.3. The highest BCUT2D eigenvalue weighted by Crippen LogP contribution is 2.45. The summed E-state index contributed by atoms with van der Waals surface area (Å²) in [7, 11) is 3.77. The summed E-state index contributed by atoms with van der Waals surface area (Å²) in [4.78, 5) is 60.9. The first kappa shape index (κ1) is 33.8. The van der Waals surface area contributed by atoms with Crippen molar-refractivity contribution in [3.05, 3.63) is 16.1 Å². The van der Waals surface area contributed by atoms with Gasteiger partial charge < -0.3 is 25.0 Å². The van der Waals surface area contributed by atoms with Crippen molar-refractivity contribution in [2.24, 2.45) is 11.8 Å². The second-order valence-corrected chi connectivity index (χ2v) is 12.8. The third kappa shape index (κ3) is 7.24. The van der Waals surface area contributed by atoms with Crippen molar-refractivity contribution in [3.8, 4) is 0 Å². The molecule has 42 heavy (non-hydrogen) atoms. The Morgan fingerprint density at radius 2 is 1.83 bits per heavy atom. The summed E-state index contributed by atoms with van der Waals surface area (Å²) in [6.45, 7) is 12.1. The molecule has 0 spiro atoms. The molecule has 3 heterocycles. The number of fused-ring (bicyclic) bond motifs is 2. The van der Waals surface area contributed by atoms with Crippen LogP contribution in [0.2, 0.25) is 0 Å². The predicted octanol–water partition coefficient (Wildman–Crippen LogP) is 4.14. The van der Waals surface area contributed by atoms with Crippen LogP contribution in [0.4, 0.5) is 4.79 Å². The van der Waals surface area contributed by atoms with Crippen LogP contribution in [0.15, 0.2) is 5.38 Å². The van der Waals surface area contributed by atoms with Crippen LogP contribution in [-0.4, -0.2) is 89.6 Å². The molecule has 2 N–H and O–H groups in total. The topological polar surface area (TPSA) is 130 Å². The lowest BCUT2D eigenvalue weighted by atomic mass is 9.86. The number of hydrogen-bond acceptors (Lipinski definition) is 9. The number of nitrogens with one attached hydrogen (secondary N) is 2. The summed E-state index contributed by atoms with van der Waals surface area (Å²) in [6, 6.07) is -0.605. The van der Waals surface area contributed by atoms with Gasteiger partial charge in [-0.1, -0.05) is 34.1 Å². The Kier molecular flexibility index (Phi) is 11.8. The monoisotopic (exact) mass is 607 g/mol. The van der Waals surface area contributed by atoms with Crippen molar-refractivity contribution in [2.75, 3.05) is 27.2 Å². The number of esters is 1. The predicted molar refractivity (Wildman–Crippen MR) is 161 cm³/mol. The average molecular weight is 608 g/mol. The third-order valence-corrected chi connectivity index (χ3v) is 10.1. The summed E-state index contributed by atoms with van der Waals surface area (Å²) in [6.07, 6.45) is 3.21. The number of carbonyl (C=O) groups is 4. The first-order valence-corrected chi connectivity index (χ1v) is 16.2. The number of nitrogens with zero attached hydrogens (tertiary/aromatic N) is 3. The number of rotatable bonds is 14. The lowest BCUT2D eigenvalue weighted by Crippen LogP contribution is -2.60. The van der Waals surface area contributed by atoms with Gasteiger partial charge in [0.2, 0.25) is 11.8 Å². The maximum atomic E-state index is 14.1. The van der Waals surface area contributed by atoms with Gasteiger partial charge in [0.1, 0.15) is 16.6 Å². The minimum atomic E-state index is -0.800. The van der Waals surface area contributed by atoms with E-state index < -0.39 is 29.7 Å². The zero-order valence-electron chi connectivity index (χ0n) is 26.4. The van der Waals surface area contributed by atoms with Crippen LogP contribution in [0.25, 0.3) is 0 Å². The fourth-order valence-corrected chi connectivity index (χ4v) is 7.07. The van der Waals surface area contributed by atoms with Crippen LogP contribution in [0.5, 0.6) is 0 Å². The second-order valence-electron chi connectivity index (χ2n) is 11.9. The van der Waals surface area contributed by atoms with Gasteiger partial charge in [-0.25, -0.2) is 14.6 Å². The molecular weight excluding hydrogens is 558 g/mol. The average Bonchev–Trinajstić information content (AvgIpc) is 3.67. The van der Waals surface area contributed by atoms with Crippen molar-refractivity contribution in [3.63, 3.8) is 0 Å². The van der Waals surface area contributed by atoms with Crippen LogP contribution in [0.3, 0.4) is 0 Å². The van der Waals surface area contributed by atoms with E-state index in [0.717, 1.165) is 32.1 Å². The van der Waals surface area contributed by atoms with Gasteiger partial charge in [-0.3, -0.25) is 14.5 Å². The van der Waals surface area contributed by atoms with E-state index in [1.807, 2.05) is 34.7 Å². The van der Waals surface area contributed by atoms with E-state index >= 15 is 0 Å². The molecule has 2 saturated heterocycles. The summed E-state index contributed by atoms with van der Waals surface area (Å²) in [5.41, 5.74) is -0.392. The maximum absolute atomic E-state index is 14.1. The Morgan fingerprint density at radius 1 is 1.17 bits per heavy atom. The molecule has 4 atom stereocenters. The molecule has 3 amide bonds. The van der Waals surface area contributed by atoms with Gasteiger partial charge in [0, 0.05) is 37.5 Å². The zero-order valence-corrected chi connectivity index (χ0v) is 27.2. The van der Waals surface area contributed by atoms with E-state index in [-0.39, 0.29) is 48.4 Å². The van der Waals surface area contributed by atoms with Crippen LogP contribution in [-0.2, 0) is 19.1 Å². The fraction of sp³-hybridized carbons (Fsp3) is 0.767. The lowest BCUT2D eigenvalue weighted by molar-refractivity contribution is -0.142. The molecular formula is C30H49N5O6S. The van der Waals surface area contributed by atoms with Crippen molar-refractivity contribution < 1.29 is 28.7 Å². The Balaban J connectivity index is 1.84. The molecule has 0 saturated carbocycles. The van der Waals surface area contributed by atoms with Gasteiger partial charge in [-0.15, -0.1) is 11.3 Å². The lowest BCUT2D eigenvalue weighted by Gasteiger charge is -2.38. The number of aromatic nitrogens is 1. The highest BCUT2D eigenvalue weighted by molar-refractivity contribution is 7.09. The summed E-state index contributed by atoms with van der Waals surface area (Å²) in [5.74, 6) is -0.869. The van der Waals surface area contributed by atoms with E-state index in [9.17, 15) is 19.2 Å². The van der Waals surface area contributed by atoms with E-state index in [1.165, 1.54) is 11.3 Å². The number of alkyl carbamates (subject to hydrolysis) is 1. The molecule has 2 fully saturated rings. The number of hydrogen-bond donors (Lipinski definition) is 2. The quantitative estimate of drug-likeness (QED) is 0.302. The normalized spacial score (nSPS) is 22.7. The molecule has 0 aromatic carbocycles. The third-order valence-electron chi connectivity index (χ3n) is 9.12. The first-order chi connectivity index (χ1) is 19.9. The van der Waals surface area contributed by atoms with Gasteiger partial charge in [-0.2, -0.15) is 0 Å². The van der Waals surface area contributed by atoms with E-state index in [1.54, 1.807) is 31.2 Å². The molecule has 0 radical (unpaired) electrons. The Labute approximate surface area is 254 Å². The number of thiazole rings is 1. The van der Waals surface area contributed by atoms with Crippen molar-refractivity contribution >= 4 is 35.2 Å². The van der Waals surface area contributed by atoms with Crippen LogP contribution < -0.4 is 10.6 Å².